The van der Waals surface area contributed by atoms with Crippen LogP contribution in [0.1, 0.15) is 45.2 Å². The van der Waals surface area contributed by atoms with Crippen molar-refractivity contribution in [2.45, 2.75) is 32.7 Å². The maximum Gasteiger partial charge on any atom is 0.277 e. The highest BCUT2D eigenvalue weighted by Gasteiger charge is 2.27. The van der Waals surface area contributed by atoms with E-state index >= 15 is 0 Å². The van der Waals surface area contributed by atoms with E-state index in [4.69, 9.17) is 0 Å². The van der Waals surface area contributed by atoms with Crippen molar-refractivity contribution < 1.29 is 9.90 Å². The van der Waals surface area contributed by atoms with Crippen molar-refractivity contribution in [2.75, 3.05) is 0 Å². The van der Waals surface area contributed by atoms with Gasteiger partial charge in [0, 0.05) is 0 Å². The number of aromatic amines is 1. The number of rotatable bonds is 2. The van der Waals surface area contributed by atoms with Crippen molar-refractivity contribution in [3.63, 3.8) is 0 Å². The Kier molecular flexibility index (Phi) is 3.44. The van der Waals surface area contributed by atoms with Gasteiger partial charge in [0.15, 0.2) is 0 Å². The quantitative estimate of drug-likeness (QED) is 0.783. The molecule has 6 nitrogen and oxygen atoms in total. The second kappa shape index (κ2) is 5.29. The van der Waals surface area contributed by atoms with Crippen LogP contribution in [0.2, 0.25) is 0 Å². The largest absolute Gasteiger partial charge is 0.508 e. The highest BCUT2D eigenvalue weighted by Crippen LogP contribution is 2.36. The topological polar surface area (TPSA) is 95.1 Å². The van der Waals surface area contributed by atoms with E-state index in [0.29, 0.717) is 24.1 Å². The summed E-state index contributed by atoms with van der Waals surface area (Å²) in [5.41, 5.74) is 2.58. The number of hydrogen-bond acceptors (Lipinski definition) is 4. The van der Waals surface area contributed by atoms with Crippen LogP contribution >= 0.6 is 0 Å². The third-order valence-corrected chi connectivity index (χ3v) is 4.25. The van der Waals surface area contributed by atoms with Crippen LogP contribution in [0, 0.1) is 13.8 Å². The van der Waals surface area contributed by atoms with Crippen molar-refractivity contribution in [3.8, 4) is 5.75 Å². The molecule has 0 bridgehead atoms. The number of fused-ring (bicyclic) bond motifs is 1. The third-order valence-electron chi connectivity index (χ3n) is 4.25. The average Bonchev–Trinajstić information content (AvgIpc) is 2.88. The van der Waals surface area contributed by atoms with Gasteiger partial charge in [0.05, 0.1) is 11.7 Å². The van der Waals surface area contributed by atoms with E-state index in [1.54, 1.807) is 26.0 Å². The smallest absolute Gasteiger partial charge is 0.277 e. The number of nitrogens with zero attached hydrogens (tertiary/aromatic N) is 1. The Morgan fingerprint density at radius 2 is 2.18 bits per heavy atom. The molecule has 0 radical (unpaired) electrons. The van der Waals surface area contributed by atoms with Crippen molar-refractivity contribution in [1.29, 1.82) is 0 Å². The average molecular weight is 299 g/mol. The van der Waals surface area contributed by atoms with Gasteiger partial charge in [-0.1, -0.05) is 12.1 Å². The Morgan fingerprint density at radius 1 is 1.41 bits per heavy atom. The molecule has 2 aromatic rings. The normalized spacial score (nSPS) is 16.4. The summed E-state index contributed by atoms with van der Waals surface area (Å²) in [7, 11) is 0. The van der Waals surface area contributed by atoms with Crippen molar-refractivity contribution in [1.82, 2.24) is 15.5 Å². The fourth-order valence-electron chi connectivity index (χ4n) is 2.91. The Bertz CT molecular complexity index is 811. The van der Waals surface area contributed by atoms with Crippen LogP contribution in [0.4, 0.5) is 0 Å². The highest BCUT2D eigenvalue weighted by molar-refractivity contribution is 5.95. The van der Waals surface area contributed by atoms with Gasteiger partial charge in [0.25, 0.3) is 11.5 Å². The maximum atomic E-state index is 12.5. The number of phenolic OH excluding ortho intramolecular Hbond substituents is 1. The zero-order chi connectivity index (χ0) is 15.9. The van der Waals surface area contributed by atoms with E-state index in [2.05, 4.69) is 15.5 Å². The minimum absolute atomic E-state index is 0.0982. The molecule has 22 heavy (non-hydrogen) atoms. The Labute approximate surface area is 127 Å². The standard InChI is InChI=1S/C16H17N3O3/c1-8-9(2)18-19-16(22)14(8)15(21)17-12-7-6-11-10(12)4-3-5-13(11)20/h3-5,12,20H,6-7H2,1-2H3,(H,17,21)(H,19,22). The number of aromatic nitrogens is 2. The molecule has 3 N–H and O–H groups in total. The van der Waals surface area contributed by atoms with Crippen molar-refractivity contribution in [3.05, 3.63) is 56.5 Å². The Morgan fingerprint density at radius 3 is 2.95 bits per heavy atom. The van der Waals surface area contributed by atoms with Gasteiger partial charge in [-0.15, -0.1) is 0 Å². The number of amides is 1. The van der Waals surface area contributed by atoms with E-state index < -0.39 is 11.5 Å². The maximum absolute atomic E-state index is 12.5. The molecule has 1 heterocycles. The summed E-state index contributed by atoms with van der Waals surface area (Å²) in [6.45, 7) is 3.45. The van der Waals surface area contributed by atoms with Crippen LogP contribution < -0.4 is 10.9 Å². The molecule has 0 saturated heterocycles. The summed E-state index contributed by atoms with van der Waals surface area (Å²) in [6.07, 6.45) is 1.41. The molecule has 1 aromatic heterocycles. The molecule has 0 fully saturated rings. The molecular weight excluding hydrogens is 282 g/mol. The fraction of sp³-hybridized carbons (Fsp3) is 0.312. The second-order valence-electron chi connectivity index (χ2n) is 5.55. The lowest BCUT2D eigenvalue weighted by atomic mass is 10.1. The lowest BCUT2D eigenvalue weighted by Crippen LogP contribution is -2.33. The number of carbonyl (C=O) groups excluding carboxylic acids is 1. The van der Waals surface area contributed by atoms with Crippen LogP contribution in [-0.4, -0.2) is 21.2 Å². The van der Waals surface area contributed by atoms with Gasteiger partial charge in [-0.25, -0.2) is 5.10 Å². The van der Waals surface area contributed by atoms with Gasteiger partial charge in [-0.2, -0.15) is 5.10 Å². The van der Waals surface area contributed by atoms with E-state index in [0.717, 1.165) is 11.1 Å². The summed E-state index contributed by atoms with van der Waals surface area (Å²) < 4.78 is 0. The van der Waals surface area contributed by atoms with Gasteiger partial charge in [-0.3, -0.25) is 9.59 Å². The van der Waals surface area contributed by atoms with E-state index in [1.165, 1.54) is 0 Å². The van der Waals surface area contributed by atoms with E-state index in [1.807, 2.05) is 6.07 Å². The molecule has 1 unspecified atom stereocenters. The number of hydrogen-bond donors (Lipinski definition) is 3. The Hall–Kier alpha value is -2.63. The molecule has 0 spiro atoms. The third kappa shape index (κ3) is 2.26. The highest BCUT2D eigenvalue weighted by atomic mass is 16.3. The fourth-order valence-corrected chi connectivity index (χ4v) is 2.91. The number of H-pyrrole nitrogens is 1. The minimum Gasteiger partial charge on any atom is -0.508 e. The summed E-state index contributed by atoms with van der Waals surface area (Å²) in [6, 6.07) is 5.10. The SMILES string of the molecule is Cc1n[nH]c(=O)c(C(=O)NC2CCc3c(O)cccc32)c1C. The van der Waals surface area contributed by atoms with Gasteiger partial charge >= 0.3 is 0 Å². The van der Waals surface area contributed by atoms with Crippen LogP contribution in [0.3, 0.4) is 0 Å². The molecule has 3 rings (SSSR count). The second-order valence-corrected chi connectivity index (χ2v) is 5.55. The summed E-state index contributed by atoms with van der Waals surface area (Å²) in [5, 5.41) is 18.9. The number of nitrogens with one attached hydrogen (secondary N) is 2. The zero-order valence-corrected chi connectivity index (χ0v) is 12.4. The molecule has 1 amide bonds. The molecule has 0 saturated carbocycles. The molecule has 1 aliphatic carbocycles. The van der Waals surface area contributed by atoms with Crippen LogP contribution in [0.5, 0.6) is 5.75 Å². The van der Waals surface area contributed by atoms with Gasteiger partial charge in [-0.05, 0) is 49.4 Å². The number of phenols is 1. The minimum atomic E-state index is -0.491. The Balaban J connectivity index is 1.91. The first-order valence-electron chi connectivity index (χ1n) is 7.16. The number of carbonyl (C=O) groups is 1. The van der Waals surface area contributed by atoms with E-state index in [9.17, 15) is 14.7 Å². The molecular formula is C16H17N3O3. The van der Waals surface area contributed by atoms with Gasteiger partial charge in [0.1, 0.15) is 11.3 Å². The lowest BCUT2D eigenvalue weighted by molar-refractivity contribution is 0.0934. The molecule has 1 atom stereocenters. The zero-order valence-electron chi connectivity index (χ0n) is 12.4. The lowest BCUT2D eigenvalue weighted by Gasteiger charge is -2.15. The number of aryl methyl sites for hydroxylation is 1. The van der Waals surface area contributed by atoms with E-state index in [-0.39, 0.29) is 17.4 Å². The molecule has 1 aliphatic rings. The number of benzene rings is 1. The molecule has 6 heteroatoms. The first-order valence-corrected chi connectivity index (χ1v) is 7.16. The van der Waals surface area contributed by atoms with Crippen LogP contribution in [0.15, 0.2) is 23.0 Å². The molecule has 114 valence electrons. The summed E-state index contributed by atoms with van der Waals surface area (Å²) in [5.74, 6) is -0.159. The first-order chi connectivity index (χ1) is 10.5. The van der Waals surface area contributed by atoms with Crippen molar-refractivity contribution in [2.24, 2.45) is 0 Å². The molecule has 1 aromatic carbocycles. The predicted octanol–water partition coefficient (Wildman–Crippen LogP) is 1.51. The first kappa shape index (κ1) is 14.3. The van der Waals surface area contributed by atoms with Crippen LogP contribution in [-0.2, 0) is 6.42 Å². The van der Waals surface area contributed by atoms with Crippen LogP contribution in [0.25, 0.3) is 0 Å². The number of aromatic hydroxyl groups is 1. The summed E-state index contributed by atoms with van der Waals surface area (Å²) >= 11 is 0. The van der Waals surface area contributed by atoms with Gasteiger partial charge in [0.2, 0.25) is 0 Å². The summed E-state index contributed by atoms with van der Waals surface area (Å²) in [4.78, 5) is 24.4. The monoisotopic (exact) mass is 299 g/mol. The van der Waals surface area contributed by atoms with Gasteiger partial charge < -0.3 is 10.4 Å². The van der Waals surface area contributed by atoms with Crippen molar-refractivity contribution >= 4 is 5.91 Å². The molecule has 0 aliphatic heterocycles. The predicted molar refractivity (Wildman–Crippen MR) is 81.0 cm³/mol.